The predicted octanol–water partition coefficient (Wildman–Crippen LogP) is 2.02. The molecule has 0 amide bonds. The molecule has 3 N–H and O–H groups in total. The molecule has 7 heteroatoms. The highest BCUT2D eigenvalue weighted by Crippen LogP contribution is 2.34. The summed E-state index contributed by atoms with van der Waals surface area (Å²) >= 11 is 1.35. The lowest BCUT2D eigenvalue weighted by atomic mass is 10.1. The number of nitrogen functional groups attached to an aromatic ring is 1. The number of aromatic nitrogens is 3. The van der Waals surface area contributed by atoms with E-state index in [1.807, 2.05) is 0 Å². The zero-order valence-corrected chi connectivity index (χ0v) is 10.4. The molecule has 0 saturated carbocycles. The van der Waals surface area contributed by atoms with Crippen LogP contribution in [0.2, 0.25) is 0 Å². The zero-order valence-electron chi connectivity index (χ0n) is 9.54. The van der Waals surface area contributed by atoms with Crippen LogP contribution in [0, 0.1) is 0 Å². The van der Waals surface area contributed by atoms with Crippen molar-refractivity contribution in [2.75, 3.05) is 5.43 Å². The highest BCUT2D eigenvalue weighted by atomic mass is 32.2. The fraction of sp³-hybridized carbons (Fsp3) is 0.300. The summed E-state index contributed by atoms with van der Waals surface area (Å²) in [6.07, 6.45) is 4.59. The summed E-state index contributed by atoms with van der Waals surface area (Å²) in [5, 5.41) is 1.35. The Bertz CT molecular complexity index is 485. The van der Waals surface area contributed by atoms with Gasteiger partial charge in [0.25, 0.3) is 5.22 Å². The molecular weight excluding hydrogens is 238 g/mol. The molecule has 0 aromatic carbocycles. The minimum atomic E-state index is 0.250. The molecule has 0 aliphatic heterocycles. The predicted molar refractivity (Wildman–Crippen MR) is 64.6 cm³/mol. The van der Waals surface area contributed by atoms with Crippen molar-refractivity contribution in [2.24, 2.45) is 5.84 Å². The third-order valence-electron chi connectivity index (χ3n) is 2.16. The van der Waals surface area contributed by atoms with Crippen LogP contribution in [0.25, 0.3) is 0 Å². The Kier molecular flexibility index (Phi) is 3.60. The lowest BCUT2D eigenvalue weighted by molar-refractivity contribution is 0.453. The Hall–Kier alpha value is -1.60. The van der Waals surface area contributed by atoms with Gasteiger partial charge >= 0.3 is 0 Å². The molecule has 0 aliphatic carbocycles. The smallest absolute Gasteiger partial charge is 0.261 e. The number of nitrogens with two attached hydrogens (primary N) is 1. The average Bonchev–Trinajstić information content (AvgIpc) is 2.81. The van der Waals surface area contributed by atoms with Crippen molar-refractivity contribution < 1.29 is 4.42 Å². The van der Waals surface area contributed by atoms with Crippen molar-refractivity contribution in [1.82, 2.24) is 15.0 Å². The Morgan fingerprint density at radius 3 is 2.76 bits per heavy atom. The second-order valence-corrected chi connectivity index (χ2v) is 4.58. The molecule has 2 rings (SSSR count). The highest BCUT2D eigenvalue weighted by molar-refractivity contribution is 7.99. The van der Waals surface area contributed by atoms with Gasteiger partial charge in [0.05, 0.1) is 6.20 Å². The van der Waals surface area contributed by atoms with E-state index in [4.69, 9.17) is 10.3 Å². The number of hydrazine groups is 1. The summed E-state index contributed by atoms with van der Waals surface area (Å²) in [5.74, 6) is 6.32. The SMILES string of the molecule is CC(C)c1c(NN)ncnc1Sc1ncco1. The van der Waals surface area contributed by atoms with Gasteiger partial charge in [-0.3, -0.25) is 0 Å². The fourth-order valence-electron chi connectivity index (χ4n) is 1.44. The molecule has 0 saturated heterocycles. The molecule has 2 heterocycles. The van der Waals surface area contributed by atoms with E-state index < -0.39 is 0 Å². The van der Waals surface area contributed by atoms with Gasteiger partial charge in [-0.15, -0.1) is 0 Å². The first-order valence-corrected chi connectivity index (χ1v) is 5.93. The minimum absolute atomic E-state index is 0.250. The number of hydrogen-bond donors (Lipinski definition) is 2. The number of rotatable bonds is 4. The lowest BCUT2D eigenvalue weighted by Crippen LogP contribution is -2.13. The van der Waals surface area contributed by atoms with Crippen molar-refractivity contribution in [3.05, 3.63) is 24.4 Å². The van der Waals surface area contributed by atoms with Gasteiger partial charge in [-0.2, -0.15) is 0 Å². The largest absolute Gasteiger partial charge is 0.440 e. The molecule has 0 unspecified atom stereocenters. The van der Waals surface area contributed by atoms with Gasteiger partial charge in [0.2, 0.25) is 0 Å². The van der Waals surface area contributed by atoms with Gasteiger partial charge in [-0.1, -0.05) is 13.8 Å². The monoisotopic (exact) mass is 251 g/mol. The van der Waals surface area contributed by atoms with Crippen LogP contribution in [0.5, 0.6) is 0 Å². The van der Waals surface area contributed by atoms with Crippen LogP contribution < -0.4 is 11.3 Å². The summed E-state index contributed by atoms with van der Waals surface area (Å²) in [6.45, 7) is 4.11. The van der Waals surface area contributed by atoms with Crippen molar-refractivity contribution in [3.8, 4) is 0 Å². The summed E-state index contributed by atoms with van der Waals surface area (Å²) in [4.78, 5) is 12.4. The van der Waals surface area contributed by atoms with Crippen LogP contribution >= 0.6 is 11.8 Å². The van der Waals surface area contributed by atoms with Gasteiger partial charge < -0.3 is 9.84 Å². The van der Waals surface area contributed by atoms with Gasteiger partial charge in [-0.05, 0) is 17.7 Å². The average molecular weight is 251 g/mol. The Morgan fingerprint density at radius 1 is 1.35 bits per heavy atom. The van der Waals surface area contributed by atoms with E-state index in [-0.39, 0.29) is 5.92 Å². The molecule has 0 fully saturated rings. The molecule has 0 aliphatic rings. The number of nitrogens with zero attached hydrogens (tertiary/aromatic N) is 3. The number of anilines is 1. The van der Waals surface area contributed by atoms with E-state index in [0.29, 0.717) is 11.0 Å². The van der Waals surface area contributed by atoms with Crippen LogP contribution in [-0.4, -0.2) is 15.0 Å². The molecule has 0 bridgehead atoms. The van der Waals surface area contributed by atoms with E-state index in [9.17, 15) is 0 Å². The van der Waals surface area contributed by atoms with Crippen LogP contribution in [0.15, 0.2) is 33.5 Å². The van der Waals surface area contributed by atoms with Crippen molar-refractivity contribution in [2.45, 2.75) is 30.0 Å². The first-order valence-electron chi connectivity index (χ1n) is 5.11. The molecular formula is C10H13N5OS. The Balaban J connectivity index is 2.39. The van der Waals surface area contributed by atoms with E-state index >= 15 is 0 Å². The molecule has 2 aromatic heterocycles. The minimum Gasteiger partial charge on any atom is -0.440 e. The van der Waals surface area contributed by atoms with Crippen molar-refractivity contribution in [3.63, 3.8) is 0 Å². The first-order chi connectivity index (χ1) is 8.22. The quantitative estimate of drug-likeness (QED) is 0.488. The third kappa shape index (κ3) is 2.56. The van der Waals surface area contributed by atoms with E-state index in [1.165, 1.54) is 24.4 Å². The Labute approximate surface area is 103 Å². The van der Waals surface area contributed by atoms with Gasteiger partial charge in [0, 0.05) is 5.56 Å². The van der Waals surface area contributed by atoms with E-state index in [2.05, 4.69) is 34.2 Å². The lowest BCUT2D eigenvalue weighted by Gasteiger charge is -2.13. The summed E-state index contributed by atoms with van der Waals surface area (Å²) in [6, 6.07) is 0. The maximum atomic E-state index is 5.44. The normalized spacial score (nSPS) is 10.8. The summed E-state index contributed by atoms with van der Waals surface area (Å²) in [7, 11) is 0. The fourth-order valence-corrected chi connectivity index (χ4v) is 2.36. The van der Waals surface area contributed by atoms with Crippen LogP contribution in [-0.2, 0) is 0 Å². The van der Waals surface area contributed by atoms with Crippen LogP contribution in [0.3, 0.4) is 0 Å². The van der Waals surface area contributed by atoms with Crippen molar-refractivity contribution in [1.29, 1.82) is 0 Å². The zero-order chi connectivity index (χ0) is 12.3. The van der Waals surface area contributed by atoms with E-state index in [1.54, 1.807) is 6.20 Å². The van der Waals surface area contributed by atoms with Crippen LogP contribution in [0.1, 0.15) is 25.3 Å². The number of oxazole rings is 1. The van der Waals surface area contributed by atoms with Crippen LogP contribution in [0.4, 0.5) is 5.82 Å². The second kappa shape index (κ2) is 5.15. The second-order valence-electron chi connectivity index (χ2n) is 3.64. The van der Waals surface area contributed by atoms with Gasteiger partial charge in [-0.25, -0.2) is 20.8 Å². The highest BCUT2D eigenvalue weighted by Gasteiger charge is 2.16. The molecule has 90 valence electrons. The molecule has 17 heavy (non-hydrogen) atoms. The first kappa shape index (κ1) is 11.9. The molecule has 0 atom stereocenters. The Morgan fingerprint density at radius 2 is 2.18 bits per heavy atom. The van der Waals surface area contributed by atoms with Gasteiger partial charge in [0.15, 0.2) is 0 Å². The topological polar surface area (TPSA) is 89.9 Å². The molecule has 0 spiro atoms. The molecule has 6 nitrogen and oxygen atoms in total. The number of nitrogens with one attached hydrogen (secondary N) is 1. The summed E-state index contributed by atoms with van der Waals surface area (Å²) < 4.78 is 5.19. The molecule has 2 aromatic rings. The van der Waals surface area contributed by atoms with E-state index in [0.717, 1.165) is 10.6 Å². The maximum Gasteiger partial charge on any atom is 0.261 e. The van der Waals surface area contributed by atoms with Gasteiger partial charge in [0.1, 0.15) is 23.4 Å². The third-order valence-corrected chi connectivity index (χ3v) is 3.05. The summed E-state index contributed by atoms with van der Waals surface area (Å²) in [5.41, 5.74) is 3.54. The molecule has 0 radical (unpaired) electrons. The number of hydrogen-bond acceptors (Lipinski definition) is 7. The maximum absolute atomic E-state index is 5.44. The van der Waals surface area contributed by atoms with Crippen molar-refractivity contribution >= 4 is 17.6 Å². The standard InChI is InChI=1S/C10H13N5OS/c1-6(2)7-8(15-11)13-5-14-9(7)17-10-12-3-4-16-10/h3-6H,11H2,1-2H3,(H,13,14,15).